The second-order valence-electron chi connectivity index (χ2n) is 19.4. The van der Waals surface area contributed by atoms with Gasteiger partial charge in [-0.1, -0.05) is 172 Å². The lowest BCUT2D eigenvalue weighted by Gasteiger charge is -2.42. The van der Waals surface area contributed by atoms with Crippen molar-refractivity contribution in [3.63, 3.8) is 0 Å². The molecule has 0 bridgehead atoms. The summed E-state index contributed by atoms with van der Waals surface area (Å²) in [6.07, 6.45) is 34.8. The molecular weight excluding hydrogens is 897 g/mol. The third kappa shape index (κ3) is 30.2. The highest BCUT2D eigenvalue weighted by atomic mass is 16.7. The first-order valence-electron chi connectivity index (χ1n) is 27.7. The Morgan fingerprint density at radius 2 is 0.914 bits per heavy atom. The van der Waals surface area contributed by atoms with Gasteiger partial charge in [-0.15, -0.1) is 0 Å². The molecule has 0 aromatic rings. The summed E-state index contributed by atoms with van der Waals surface area (Å²) >= 11 is 0. The molecule has 14 heteroatoms. The molecule has 70 heavy (non-hydrogen) atoms. The maximum Gasteiger partial charge on any atom is 0.306 e. The number of allylic oxidation sites excluding steroid dienone is 8. The van der Waals surface area contributed by atoms with Crippen molar-refractivity contribution in [2.75, 3.05) is 33.0 Å². The van der Waals surface area contributed by atoms with Crippen LogP contribution in [-0.2, 0) is 33.2 Å². The molecule has 2 saturated heterocycles. The normalized spacial score (nSPS) is 25.8. The van der Waals surface area contributed by atoms with Gasteiger partial charge in [0.25, 0.3) is 0 Å². The molecule has 11 atom stereocenters. The Kier molecular flexibility index (Phi) is 39.7. The molecule has 14 nitrogen and oxygen atoms in total. The van der Waals surface area contributed by atoms with Crippen LogP contribution in [0.1, 0.15) is 200 Å². The lowest BCUT2D eigenvalue weighted by atomic mass is 9.98. The fourth-order valence-corrected chi connectivity index (χ4v) is 8.53. The van der Waals surface area contributed by atoms with E-state index in [0.717, 1.165) is 77.0 Å². The Morgan fingerprint density at radius 1 is 0.471 bits per heavy atom. The predicted octanol–water partition coefficient (Wildman–Crippen LogP) is 9.13. The van der Waals surface area contributed by atoms with E-state index in [1.165, 1.54) is 96.3 Å². The van der Waals surface area contributed by atoms with Crippen molar-refractivity contribution in [3.05, 3.63) is 48.6 Å². The highest BCUT2D eigenvalue weighted by Gasteiger charge is 2.47. The van der Waals surface area contributed by atoms with Gasteiger partial charge in [-0.05, 0) is 70.6 Å². The highest BCUT2D eigenvalue weighted by Crippen LogP contribution is 2.26. The summed E-state index contributed by atoms with van der Waals surface area (Å²) in [4.78, 5) is 13.0. The molecular formula is C56H100O14. The largest absolute Gasteiger partial charge is 0.457 e. The first kappa shape index (κ1) is 64.1. The number of esters is 1. The van der Waals surface area contributed by atoms with Crippen LogP contribution in [0.5, 0.6) is 0 Å². The second-order valence-corrected chi connectivity index (χ2v) is 19.4. The average molecular weight is 997 g/mol. The molecule has 408 valence electrons. The van der Waals surface area contributed by atoms with E-state index >= 15 is 0 Å². The van der Waals surface area contributed by atoms with Crippen LogP contribution in [0.25, 0.3) is 0 Å². The van der Waals surface area contributed by atoms with E-state index in [-0.39, 0.29) is 25.6 Å². The number of carbonyl (C=O) groups is 1. The van der Waals surface area contributed by atoms with Crippen molar-refractivity contribution in [1.29, 1.82) is 0 Å². The van der Waals surface area contributed by atoms with Gasteiger partial charge in [0, 0.05) is 13.0 Å². The van der Waals surface area contributed by atoms with E-state index in [0.29, 0.717) is 13.0 Å². The number of aliphatic hydroxyl groups excluding tert-OH is 7. The third-order valence-electron chi connectivity index (χ3n) is 13.0. The van der Waals surface area contributed by atoms with Gasteiger partial charge in [-0.2, -0.15) is 0 Å². The zero-order valence-electron chi connectivity index (χ0n) is 43.5. The Hall–Kier alpha value is -2.05. The molecule has 0 aliphatic carbocycles. The number of aliphatic hydroxyl groups is 7. The third-order valence-corrected chi connectivity index (χ3v) is 13.0. The number of hydrogen-bond donors (Lipinski definition) is 7. The van der Waals surface area contributed by atoms with Gasteiger partial charge in [0.05, 0.1) is 26.4 Å². The maximum atomic E-state index is 13.0. The van der Waals surface area contributed by atoms with Gasteiger partial charge >= 0.3 is 5.97 Å². The molecule has 2 heterocycles. The monoisotopic (exact) mass is 997 g/mol. The standard InChI is InChI=1S/C56H100O14/c1-3-5-7-9-11-13-15-16-17-18-19-20-21-22-23-24-25-26-27-28-29-30-32-34-36-38-40-65-42-45(68-48(58)39-37-35-33-31-14-12-10-8-6-4-2)43-66-55-54(64)52(62)50(60)47(70-55)44-67-56-53(63)51(61)49(59)46(41-57)69-56/h8,10,15-16,18-19,21-22,45-47,49-57,59-64H,3-7,9,11-14,17,20,23-44H2,1-2H3/b10-8-,16-15-,19-18-,22-21-. The Morgan fingerprint density at radius 3 is 1.46 bits per heavy atom. The second kappa shape index (κ2) is 43.4. The molecule has 0 amide bonds. The van der Waals surface area contributed by atoms with Crippen LogP contribution in [0, 0.1) is 0 Å². The first-order valence-corrected chi connectivity index (χ1v) is 27.7. The van der Waals surface area contributed by atoms with E-state index < -0.39 is 80.7 Å². The Balaban J connectivity index is 1.66. The summed E-state index contributed by atoms with van der Waals surface area (Å²) < 4.78 is 34.3. The van der Waals surface area contributed by atoms with Crippen LogP contribution >= 0.6 is 0 Å². The van der Waals surface area contributed by atoms with Crippen LogP contribution in [0.4, 0.5) is 0 Å². The van der Waals surface area contributed by atoms with Crippen LogP contribution < -0.4 is 0 Å². The number of rotatable bonds is 44. The van der Waals surface area contributed by atoms with E-state index in [4.69, 9.17) is 28.4 Å². The van der Waals surface area contributed by atoms with Crippen LogP contribution in [0.2, 0.25) is 0 Å². The predicted molar refractivity (Wildman–Crippen MR) is 275 cm³/mol. The Bertz CT molecular complexity index is 1340. The lowest BCUT2D eigenvalue weighted by molar-refractivity contribution is -0.332. The van der Waals surface area contributed by atoms with Gasteiger partial charge < -0.3 is 64.2 Å². The number of unbranched alkanes of at least 4 members (excludes halogenated alkanes) is 22. The lowest BCUT2D eigenvalue weighted by Crippen LogP contribution is -2.61. The van der Waals surface area contributed by atoms with Crippen molar-refractivity contribution < 1.29 is 69.0 Å². The van der Waals surface area contributed by atoms with E-state index in [1.807, 2.05) is 0 Å². The number of ether oxygens (including phenoxy) is 6. The summed E-state index contributed by atoms with van der Waals surface area (Å²) in [5.74, 6) is -0.389. The SMILES string of the molecule is CCC/C=C\CCCCCCCC(=O)OC(COCCCCCCCCCCCCC/C=C\C/C=C\C/C=C\CCCCCCC)COC1OC(COC2OC(CO)C(O)C(O)C2O)C(O)C(O)C1O. The minimum atomic E-state index is -1.71. The van der Waals surface area contributed by atoms with Crippen molar-refractivity contribution >= 4 is 5.97 Å². The molecule has 0 spiro atoms. The molecule has 2 aliphatic rings. The van der Waals surface area contributed by atoms with Crippen molar-refractivity contribution in [3.8, 4) is 0 Å². The van der Waals surface area contributed by atoms with E-state index in [1.54, 1.807) is 0 Å². The molecule has 0 saturated carbocycles. The summed E-state index contributed by atoms with van der Waals surface area (Å²) in [6.45, 7) is 3.59. The van der Waals surface area contributed by atoms with E-state index in [9.17, 15) is 40.5 Å². The zero-order valence-corrected chi connectivity index (χ0v) is 43.5. The van der Waals surface area contributed by atoms with Gasteiger partial charge in [-0.3, -0.25) is 4.79 Å². The molecule has 7 N–H and O–H groups in total. The fourth-order valence-electron chi connectivity index (χ4n) is 8.53. The zero-order chi connectivity index (χ0) is 50.9. The van der Waals surface area contributed by atoms with Crippen molar-refractivity contribution in [2.45, 2.75) is 268 Å². The van der Waals surface area contributed by atoms with Crippen LogP contribution in [-0.4, -0.2) is 142 Å². The van der Waals surface area contributed by atoms with Gasteiger partial charge in [0.15, 0.2) is 12.6 Å². The van der Waals surface area contributed by atoms with Crippen molar-refractivity contribution in [2.24, 2.45) is 0 Å². The molecule has 2 aliphatic heterocycles. The molecule has 2 fully saturated rings. The summed E-state index contributed by atoms with van der Waals surface area (Å²) in [5, 5.41) is 72.1. The van der Waals surface area contributed by atoms with Gasteiger partial charge in [-0.25, -0.2) is 0 Å². The number of hydrogen-bond acceptors (Lipinski definition) is 14. The van der Waals surface area contributed by atoms with Gasteiger partial charge in [0.1, 0.15) is 54.9 Å². The smallest absolute Gasteiger partial charge is 0.306 e. The molecule has 0 aromatic heterocycles. The topological polar surface area (TPSA) is 214 Å². The molecule has 0 radical (unpaired) electrons. The highest BCUT2D eigenvalue weighted by molar-refractivity contribution is 5.69. The summed E-state index contributed by atoms with van der Waals surface area (Å²) in [7, 11) is 0. The minimum absolute atomic E-state index is 0.0556. The van der Waals surface area contributed by atoms with Crippen molar-refractivity contribution in [1.82, 2.24) is 0 Å². The minimum Gasteiger partial charge on any atom is -0.457 e. The molecule has 11 unspecified atom stereocenters. The molecule has 2 rings (SSSR count). The first-order chi connectivity index (χ1) is 34.1. The van der Waals surface area contributed by atoms with Gasteiger partial charge in [0.2, 0.25) is 0 Å². The molecule has 0 aromatic carbocycles. The van der Waals surface area contributed by atoms with E-state index in [2.05, 4.69) is 62.5 Å². The number of carbonyl (C=O) groups excluding carboxylic acids is 1. The maximum absolute atomic E-state index is 13.0. The fraction of sp³-hybridized carbons (Fsp3) is 0.839. The summed E-state index contributed by atoms with van der Waals surface area (Å²) in [6, 6.07) is 0. The average Bonchev–Trinajstić information content (AvgIpc) is 3.36. The Labute approximate surface area is 422 Å². The quantitative estimate of drug-likeness (QED) is 0.0172. The van der Waals surface area contributed by atoms with Crippen LogP contribution in [0.3, 0.4) is 0 Å². The summed E-state index contributed by atoms with van der Waals surface area (Å²) in [5.41, 5.74) is 0. The van der Waals surface area contributed by atoms with Crippen LogP contribution in [0.15, 0.2) is 48.6 Å².